The summed E-state index contributed by atoms with van der Waals surface area (Å²) in [4.78, 5) is 29.9. The molecule has 3 heterocycles. The van der Waals surface area contributed by atoms with Gasteiger partial charge in [-0.1, -0.05) is 43.1 Å². The first-order chi connectivity index (χ1) is 17.3. The Labute approximate surface area is 219 Å². The molecule has 1 amide bonds. The molecule has 0 spiro atoms. The minimum absolute atomic E-state index is 0.125. The maximum Gasteiger partial charge on any atom is 0.266 e. The number of fused-ring (bicyclic) bond motifs is 1. The van der Waals surface area contributed by atoms with E-state index in [2.05, 4.69) is 15.3 Å². The summed E-state index contributed by atoms with van der Waals surface area (Å²) in [5, 5.41) is 6.75. The van der Waals surface area contributed by atoms with Crippen LogP contribution in [0.2, 0.25) is 10.0 Å². The van der Waals surface area contributed by atoms with Crippen molar-refractivity contribution in [3.8, 4) is 0 Å². The number of halogens is 3. The van der Waals surface area contributed by atoms with Crippen molar-refractivity contribution < 1.29 is 9.18 Å². The SMILES string of the molecule is CC.CC1=C(C(=O)N2CCN(c3ccc(F)cc3)CC2)C(c2ccc(Cl)c(Cl)c2)n2[nH]c(=O)cc2N1. The fourth-order valence-corrected chi connectivity index (χ4v) is 4.87. The second-order valence-electron chi connectivity index (χ2n) is 8.37. The summed E-state index contributed by atoms with van der Waals surface area (Å²) in [6, 6.07) is 12.4. The Balaban J connectivity index is 0.00000148. The van der Waals surface area contributed by atoms with Crippen molar-refractivity contribution >= 4 is 40.6 Å². The van der Waals surface area contributed by atoms with Gasteiger partial charge in [0.1, 0.15) is 17.7 Å². The number of aromatic nitrogens is 2. The van der Waals surface area contributed by atoms with Crippen LogP contribution in [0.1, 0.15) is 32.4 Å². The standard InChI is InChI=1S/C24H22Cl2FN5O2.C2H6/c1-14-22(24(34)31-10-8-30(9-11-31)17-5-3-16(27)4-6-17)23(15-2-7-18(25)19(26)12-15)32-20(28-14)13-21(33)29-32;1-2/h2-7,12-13,23,28H,8-11H2,1H3,(H,29,33);1-2H3. The van der Waals surface area contributed by atoms with Gasteiger partial charge in [0.05, 0.1) is 15.6 Å². The molecule has 3 aromatic rings. The van der Waals surface area contributed by atoms with Crippen molar-refractivity contribution in [1.82, 2.24) is 14.7 Å². The third kappa shape index (κ3) is 5.01. The number of carbonyl (C=O) groups is 1. The summed E-state index contributed by atoms with van der Waals surface area (Å²) in [7, 11) is 0. The molecule has 0 aliphatic carbocycles. The molecule has 2 N–H and O–H groups in total. The zero-order valence-electron chi connectivity index (χ0n) is 20.3. The normalized spacial score (nSPS) is 17.2. The summed E-state index contributed by atoms with van der Waals surface area (Å²) in [5.74, 6) is 0.164. The molecular formula is C26H28Cl2FN5O2. The Morgan fingerprint density at radius 1 is 0.972 bits per heavy atom. The van der Waals surface area contributed by atoms with Gasteiger partial charge in [0, 0.05) is 43.6 Å². The molecule has 1 aromatic heterocycles. The van der Waals surface area contributed by atoms with Gasteiger partial charge in [0.2, 0.25) is 0 Å². The molecule has 0 bridgehead atoms. The molecule has 7 nitrogen and oxygen atoms in total. The zero-order chi connectivity index (χ0) is 26.0. The van der Waals surface area contributed by atoms with Crippen LogP contribution in [0.25, 0.3) is 0 Å². The average molecular weight is 532 g/mol. The van der Waals surface area contributed by atoms with Gasteiger partial charge in [-0.3, -0.25) is 19.4 Å². The number of anilines is 2. The van der Waals surface area contributed by atoms with Gasteiger partial charge in [0.25, 0.3) is 11.5 Å². The summed E-state index contributed by atoms with van der Waals surface area (Å²) < 4.78 is 14.9. The van der Waals surface area contributed by atoms with E-state index in [0.717, 1.165) is 11.3 Å². The molecule has 36 heavy (non-hydrogen) atoms. The molecule has 1 fully saturated rings. The van der Waals surface area contributed by atoms with Crippen molar-refractivity contribution in [2.45, 2.75) is 26.8 Å². The number of nitrogens with one attached hydrogen (secondary N) is 2. The molecule has 0 saturated carbocycles. The van der Waals surface area contributed by atoms with E-state index in [9.17, 15) is 14.0 Å². The van der Waals surface area contributed by atoms with Gasteiger partial charge in [-0.2, -0.15) is 0 Å². The predicted molar refractivity (Wildman–Crippen MR) is 143 cm³/mol. The number of carbonyl (C=O) groups excluding carboxylic acids is 1. The zero-order valence-corrected chi connectivity index (χ0v) is 21.8. The number of nitrogens with zero attached hydrogens (tertiary/aromatic N) is 3. The number of piperazine rings is 1. The Kier molecular flexibility index (Phi) is 7.76. The Morgan fingerprint density at radius 2 is 1.64 bits per heavy atom. The quantitative estimate of drug-likeness (QED) is 0.481. The largest absolute Gasteiger partial charge is 0.368 e. The van der Waals surface area contributed by atoms with E-state index in [1.807, 2.05) is 20.8 Å². The highest BCUT2D eigenvalue weighted by Gasteiger charge is 2.36. The summed E-state index contributed by atoms with van der Waals surface area (Å²) in [6.07, 6.45) is 0. The topological polar surface area (TPSA) is 73.4 Å². The number of rotatable bonds is 3. The Hall–Kier alpha value is -3.23. The van der Waals surface area contributed by atoms with Gasteiger partial charge in [-0.25, -0.2) is 4.39 Å². The summed E-state index contributed by atoms with van der Waals surface area (Å²) in [5.41, 5.74) is 2.57. The first kappa shape index (κ1) is 25.9. The molecule has 1 saturated heterocycles. The second kappa shape index (κ2) is 10.8. The lowest BCUT2D eigenvalue weighted by Crippen LogP contribution is -2.50. The van der Waals surface area contributed by atoms with Gasteiger partial charge < -0.3 is 15.1 Å². The molecule has 190 valence electrons. The van der Waals surface area contributed by atoms with Crippen LogP contribution in [0, 0.1) is 5.82 Å². The molecule has 1 atom stereocenters. The van der Waals surface area contributed by atoms with Crippen molar-refractivity contribution in [2.24, 2.45) is 0 Å². The number of aromatic amines is 1. The van der Waals surface area contributed by atoms with Crippen LogP contribution in [0.5, 0.6) is 0 Å². The van der Waals surface area contributed by atoms with E-state index in [4.69, 9.17) is 23.2 Å². The Morgan fingerprint density at radius 3 is 2.28 bits per heavy atom. The van der Waals surface area contributed by atoms with Gasteiger partial charge in [0.15, 0.2) is 0 Å². The lowest BCUT2D eigenvalue weighted by Gasteiger charge is -2.38. The maximum atomic E-state index is 13.8. The number of hydrogen-bond acceptors (Lipinski definition) is 4. The second-order valence-corrected chi connectivity index (χ2v) is 9.19. The van der Waals surface area contributed by atoms with E-state index >= 15 is 0 Å². The highest BCUT2D eigenvalue weighted by atomic mass is 35.5. The third-order valence-corrected chi connectivity index (χ3v) is 7.00. The van der Waals surface area contributed by atoms with E-state index in [1.54, 1.807) is 39.9 Å². The van der Waals surface area contributed by atoms with Gasteiger partial charge >= 0.3 is 0 Å². The highest BCUT2D eigenvalue weighted by Crippen LogP contribution is 2.38. The van der Waals surface area contributed by atoms with Crippen molar-refractivity contribution in [3.05, 3.63) is 91.6 Å². The van der Waals surface area contributed by atoms with Crippen LogP contribution in [0.15, 0.2) is 64.6 Å². The first-order valence-electron chi connectivity index (χ1n) is 11.9. The number of benzene rings is 2. The molecule has 2 aliphatic rings. The van der Waals surface area contributed by atoms with Gasteiger partial charge in [-0.15, -0.1) is 0 Å². The molecule has 2 aromatic carbocycles. The van der Waals surface area contributed by atoms with E-state index in [1.165, 1.54) is 18.2 Å². The molecular weight excluding hydrogens is 504 g/mol. The van der Waals surface area contributed by atoms with E-state index < -0.39 is 6.04 Å². The van der Waals surface area contributed by atoms with Crippen LogP contribution in [-0.4, -0.2) is 46.8 Å². The van der Waals surface area contributed by atoms with Crippen LogP contribution in [0.3, 0.4) is 0 Å². The fourth-order valence-electron chi connectivity index (χ4n) is 4.56. The monoisotopic (exact) mass is 531 g/mol. The fraction of sp³-hybridized carbons (Fsp3) is 0.308. The highest BCUT2D eigenvalue weighted by molar-refractivity contribution is 6.42. The number of H-pyrrole nitrogens is 1. The van der Waals surface area contributed by atoms with Crippen LogP contribution in [0.4, 0.5) is 15.9 Å². The van der Waals surface area contributed by atoms with Crippen LogP contribution in [-0.2, 0) is 4.79 Å². The van der Waals surface area contributed by atoms with Crippen molar-refractivity contribution in [3.63, 3.8) is 0 Å². The predicted octanol–water partition coefficient (Wildman–Crippen LogP) is 5.29. The summed E-state index contributed by atoms with van der Waals surface area (Å²) in [6.45, 7) is 8.10. The number of amides is 1. The van der Waals surface area contributed by atoms with Crippen LogP contribution < -0.4 is 15.8 Å². The lowest BCUT2D eigenvalue weighted by molar-refractivity contribution is -0.128. The smallest absolute Gasteiger partial charge is 0.266 e. The minimum Gasteiger partial charge on any atom is -0.368 e. The average Bonchev–Trinajstić information content (AvgIpc) is 3.25. The molecule has 10 heteroatoms. The van der Waals surface area contributed by atoms with Crippen molar-refractivity contribution in [1.29, 1.82) is 0 Å². The summed E-state index contributed by atoms with van der Waals surface area (Å²) >= 11 is 12.4. The lowest BCUT2D eigenvalue weighted by atomic mass is 9.94. The van der Waals surface area contributed by atoms with E-state index in [-0.39, 0.29) is 17.3 Å². The first-order valence-corrected chi connectivity index (χ1v) is 12.6. The van der Waals surface area contributed by atoms with E-state index in [0.29, 0.717) is 53.3 Å². The minimum atomic E-state index is -0.573. The number of hydrogen-bond donors (Lipinski definition) is 2. The Bertz CT molecular complexity index is 1340. The van der Waals surface area contributed by atoms with Gasteiger partial charge in [-0.05, 0) is 48.9 Å². The van der Waals surface area contributed by atoms with Crippen LogP contribution >= 0.6 is 23.2 Å². The molecule has 0 radical (unpaired) electrons. The molecule has 5 rings (SSSR count). The molecule has 2 aliphatic heterocycles. The molecule has 1 unspecified atom stereocenters. The third-order valence-electron chi connectivity index (χ3n) is 6.26. The van der Waals surface area contributed by atoms with Crippen molar-refractivity contribution in [2.75, 3.05) is 36.4 Å². The number of allylic oxidation sites excluding steroid dienone is 1. The maximum absolute atomic E-state index is 13.8.